The molecule has 0 unspecified atom stereocenters. The summed E-state index contributed by atoms with van der Waals surface area (Å²) < 4.78 is 5.24. The van der Waals surface area contributed by atoms with Crippen LogP contribution in [-0.2, 0) is 11.3 Å². The van der Waals surface area contributed by atoms with Crippen LogP contribution in [0, 0.1) is 12.8 Å². The number of imidazole rings is 1. The Labute approximate surface area is 165 Å². The van der Waals surface area contributed by atoms with Crippen LogP contribution in [0.4, 0.5) is 0 Å². The molecule has 27 heavy (non-hydrogen) atoms. The summed E-state index contributed by atoms with van der Waals surface area (Å²) in [4.78, 5) is 15.7. The van der Waals surface area contributed by atoms with Crippen molar-refractivity contribution in [2.45, 2.75) is 52.1 Å². The summed E-state index contributed by atoms with van der Waals surface area (Å²) in [6.45, 7) is 14.6. The van der Waals surface area contributed by atoms with Gasteiger partial charge in [0.15, 0.2) is 0 Å². The third kappa shape index (κ3) is 6.01. The van der Waals surface area contributed by atoms with Crippen LogP contribution in [0.1, 0.15) is 44.0 Å². The van der Waals surface area contributed by atoms with Gasteiger partial charge in [0.05, 0.1) is 18.6 Å². The van der Waals surface area contributed by atoms with E-state index in [-0.39, 0.29) is 0 Å². The van der Waals surface area contributed by atoms with Crippen LogP contribution >= 0.6 is 0 Å². The van der Waals surface area contributed by atoms with Gasteiger partial charge in [-0.15, -0.1) is 0 Å². The van der Waals surface area contributed by atoms with Gasteiger partial charge < -0.3 is 14.6 Å². The molecule has 0 spiro atoms. The molecule has 154 valence electrons. The van der Waals surface area contributed by atoms with Crippen molar-refractivity contribution in [1.82, 2.24) is 24.7 Å². The largest absolute Gasteiger partial charge is 0.383 e. The number of likely N-dealkylation sites (N-methyl/N-ethyl adjacent to an activating group) is 1. The maximum atomic E-state index is 5.24. The third-order valence-electron chi connectivity index (χ3n) is 6.52. The topological polar surface area (TPSA) is 47.6 Å². The zero-order chi connectivity index (χ0) is 19.1. The summed E-state index contributed by atoms with van der Waals surface area (Å²) in [5.41, 5.74) is 2.43. The predicted octanol–water partition coefficient (Wildman–Crippen LogP) is 2.36. The molecule has 1 aromatic rings. The van der Waals surface area contributed by atoms with Crippen molar-refractivity contribution in [3.63, 3.8) is 0 Å². The number of aromatic nitrogens is 2. The Morgan fingerprint density at radius 3 is 2.70 bits per heavy atom. The van der Waals surface area contributed by atoms with Crippen LogP contribution in [0.2, 0.25) is 0 Å². The Balaban J connectivity index is 1.56. The second kappa shape index (κ2) is 10.6. The van der Waals surface area contributed by atoms with E-state index < -0.39 is 0 Å². The van der Waals surface area contributed by atoms with Gasteiger partial charge in [0.1, 0.15) is 0 Å². The molecule has 1 atom stereocenters. The summed E-state index contributed by atoms with van der Waals surface area (Å²) >= 11 is 0. The van der Waals surface area contributed by atoms with E-state index in [0.717, 1.165) is 31.7 Å². The molecule has 0 bridgehead atoms. The molecule has 0 aromatic carbocycles. The van der Waals surface area contributed by atoms with Crippen LogP contribution in [0.25, 0.3) is 0 Å². The summed E-state index contributed by atoms with van der Waals surface area (Å²) in [5.74, 6) is 0.805. The van der Waals surface area contributed by atoms with E-state index in [0.29, 0.717) is 0 Å². The highest BCUT2D eigenvalue weighted by Gasteiger charge is 2.28. The first-order valence-electron chi connectivity index (χ1n) is 10.9. The van der Waals surface area contributed by atoms with Crippen molar-refractivity contribution >= 4 is 0 Å². The molecule has 0 amide bonds. The molecule has 1 N–H and O–H groups in total. The molecule has 6 nitrogen and oxygen atoms in total. The first kappa shape index (κ1) is 20.8. The maximum absolute atomic E-state index is 5.24. The molecular formula is C21H39N5O. The number of piperidine rings is 1. The van der Waals surface area contributed by atoms with Crippen LogP contribution in [0.3, 0.4) is 0 Å². The number of nitrogens with one attached hydrogen (secondary N) is 1. The maximum Gasteiger partial charge on any atom is 0.0925 e. The number of hydrogen-bond donors (Lipinski definition) is 1. The van der Waals surface area contributed by atoms with Gasteiger partial charge in [-0.2, -0.15) is 0 Å². The SMILES string of the molecule is CCN1CCC[C@H]1CN(Cc1nc[nH]c1C)CC1CCN(CCOC)CC1. The molecule has 2 saturated heterocycles. The van der Waals surface area contributed by atoms with Crippen molar-refractivity contribution in [2.75, 3.05) is 59.5 Å². The van der Waals surface area contributed by atoms with Gasteiger partial charge >= 0.3 is 0 Å². The minimum atomic E-state index is 0.719. The van der Waals surface area contributed by atoms with Gasteiger partial charge in [-0.25, -0.2) is 4.98 Å². The number of nitrogens with zero attached hydrogens (tertiary/aromatic N) is 4. The number of likely N-dealkylation sites (tertiary alicyclic amines) is 2. The van der Waals surface area contributed by atoms with Crippen molar-refractivity contribution < 1.29 is 4.74 Å². The first-order chi connectivity index (χ1) is 13.2. The number of H-pyrrole nitrogens is 1. The number of rotatable bonds is 10. The lowest BCUT2D eigenvalue weighted by molar-refractivity contribution is 0.0960. The van der Waals surface area contributed by atoms with Crippen molar-refractivity contribution in [1.29, 1.82) is 0 Å². The Morgan fingerprint density at radius 1 is 1.22 bits per heavy atom. The smallest absolute Gasteiger partial charge is 0.0925 e. The van der Waals surface area contributed by atoms with Crippen LogP contribution < -0.4 is 0 Å². The first-order valence-corrected chi connectivity index (χ1v) is 10.9. The molecule has 3 heterocycles. The summed E-state index contributed by atoms with van der Waals surface area (Å²) in [5, 5.41) is 0. The second-order valence-electron chi connectivity index (χ2n) is 8.37. The van der Waals surface area contributed by atoms with E-state index >= 15 is 0 Å². The van der Waals surface area contributed by atoms with Crippen molar-refractivity contribution in [2.24, 2.45) is 5.92 Å². The molecule has 0 radical (unpaired) electrons. The van der Waals surface area contributed by atoms with Crippen LogP contribution in [0.15, 0.2) is 6.33 Å². The van der Waals surface area contributed by atoms with Gasteiger partial charge in [0.2, 0.25) is 0 Å². The molecule has 3 rings (SSSR count). The highest BCUT2D eigenvalue weighted by Crippen LogP contribution is 2.23. The van der Waals surface area contributed by atoms with Gasteiger partial charge in [-0.05, 0) is 64.7 Å². The van der Waals surface area contributed by atoms with E-state index in [4.69, 9.17) is 4.74 Å². The fourth-order valence-corrected chi connectivity index (χ4v) is 4.76. The fraction of sp³-hybridized carbons (Fsp3) is 0.857. The minimum absolute atomic E-state index is 0.719. The highest BCUT2D eigenvalue weighted by molar-refractivity contribution is 5.08. The van der Waals surface area contributed by atoms with E-state index in [1.54, 1.807) is 7.11 Å². The van der Waals surface area contributed by atoms with E-state index in [2.05, 4.69) is 38.5 Å². The van der Waals surface area contributed by atoms with Crippen molar-refractivity contribution in [3.8, 4) is 0 Å². The van der Waals surface area contributed by atoms with Gasteiger partial charge in [-0.1, -0.05) is 6.92 Å². The molecule has 2 fully saturated rings. The third-order valence-corrected chi connectivity index (χ3v) is 6.52. The molecule has 2 aliphatic heterocycles. The average Bonchev–Trinajstić information content (AvgIpc) is 3.30. The van der Waals surface area contributed by atoms with E-state index in [9.17, 15) is 0 Å². The van der Waals surface area contributed by atoms with Gasteiger partial charge in [-0.3, -0.25) is 9.80 Å². The molecular weight excluding hydrogens is 338 g/mol. The zero-order valence-corrected chi connectivity index (χ0v) is 17.6. The number of aryl methyl sites for hydroxylation is 1. The highest BCUT2D eigenvalue weighted by atomic mass is 16.5. The summed E-state index contributed by atoms with van der Waals surface area (Å²) in [6.07, 6.45) is 7.15. The van der Waals surface area contributed by atoms with Gasteiger partial charge in [0.25, 0.3) is 0 Å². The average molecular weight is 378 g/mol. The Morgan fingerprint density at radius 2 is 2.04 bits per heavy atom. The summed E-state index contributed by atoms with van der Waals surface area (Å²) in [7, 11) is 1.80. The molecule has 1 aromatic heterocycles. The lowest BCUT2D eigenvalue weighted by Crippen LogP contribution is -2.44. The number of hydrogen-bond acceptors (Lipinski definition) is 5. The number of methoxy groups -OCH3 is 1. The standard InChI is InChI=1S/C21H39N5O/c1-4-26-9-5-6-20(26)15-25(16-21-18(2)22-17-23-21)14-19-7-10-24(11-8-19)12-13-27-3/h17,19-20H,4-16H2,1-3H3,(H,22,23)/t20-/m0/s1. The minimum Gasteiger partial charge on any atom is -0.383 e. The predicted molar refractivity (Wildman–Crippen MR) is 110 cm³/mol. The van der Waals surface area contributed by atoms with E-state index in [1.807, 2.05) is 6.33 Å². The van der Waals surface area contributed by atoms with Crippen molar-refractivity contribution in [3.05, 3.63) is 17.7 Å². The summed E-state index contributed by atoms with van der Waals surface area (Å²) in [6, 6.07) is 0.719. The lowest BCUT2D eigenvalue weighted by Gasteiger charge is -2.36. The monoisotopic (exact) mass is 377 g/mol. The number of aromatic amines is 1. The Hall–Kier alpha value is -0.950. The van der Waals surface area contributed by atoms with Crippen LogP contribution in [-0.4, -0.2) is 90.2 Å². The lowest BCUT2D eigenvalue weighted by atomic mass is 9.95. The zero-order valence-electron chi connectivity index (χ0n) is 17.6. The number of ether oxygens (including phenoxy) is 1. The molecule has 0 saturated carbocycles. The molecule has 0 aliphatic carbocycles. The fourth-order valence-electron chi connectivity index (χ4n) is 4.76. The quantitative estimate of drug-likeness (QED) is 0.678. The Kier molecular flexibility index (Phi) is 8.12. The normalized spacial score (nSPS) is 22.9. The Bertz CT molecular complexity index is 540. The second-order valence-corrected chi connectivity index (χ2v) is 8.37. The molecule has 2 aliphatic rings. The van der Waals surface area contributed by atoms with E-state index in [1.165, 1.54) is 76.3 Å². The molecule has 6 heteroatoms. The van der Waals surface area contributed by atoms with Crippen LogP contribution in [0.5, 0.6) is 0 Å². The van der Waals surface area contributed by atoms with Gasteiger partial charge in [0, 0.05) is 45.0 Å².